The number of carbonyl (C=O) groups is 1. The van der Waals surface area contributed by atoms with Gasteiger partial charge in [-0.1, -0.05) is 24.3 Å². The van der Waals surface area contributed by atoms with Gasteiger partial charge < -0.3 is 19.9 Å². The lowest BCUT2D eigenvalue weighted by molar-refractivity contribution is -0.142. The molecule has 2 saturated heterocycles. The lowest BCUT2D eigenvalue weighted by Crippen LogP contribution is -2.55. The van der Waals surface area contributed by atoms with Crippen LogP contribution in [0.15, 0.2) is 29.3 Å². The van der Waals surface area contributed by atoms with Gasteiger partial charge in [0.25, 0.3) is 5.91 Å². The third-order valence-corrected chi connectivity index (χ3v) is 6.53. The smallest absolute Gasteiger partial charge is 0.251 e. The molecule has 178 valence electrons. The second kappa shape index (κ2) is 12.7. The summed E-state index contributed by atoms with van der Waals surface area (Å²) in [6.07, 6.45) is 3.87. The van der Waals surface area contributed by atoms with Gasteiger partial charge in [0.15, 0.2) is 5.96 Å². The van der Waals surface area contributed by atoms with Crippen LogP contribution in [-0.2, 0) is 22.5 Å². The van der Waals surface area contributed by atoms with Gasteiger partial charge in [0.05, 0.1) is 0 Å². The second-order valence-electron chi connectivity index (χ2n) is 8.70. The van der Waals surface area contributed by atoms with Crippen LogP contribution in [0.25, 0.3) is 0 Å². The molecule has 32 heavy (non-hydrogen) atoms. The van der Waals surface area contributed by atoms with Crippen molar-refractivity contribution >= 4 is 35.8 Å². The summed E-state index contributed by atoms with van der Waals surface area (Å²) in [5, 5.41) is 3.44. The zero-order valence-corrected chi connectivity index (χ0v) is 21.6. The molecule has 8 heteroatoms. The van der Waals surface area contributed by atoms with Crippen molar-refractivity contribution in [3.63, 3.8) is 0 Å². The number of carbonyl (C=O) groups excluding carboxylic acids is 1. The molecule has 4 rings (SSSR count). The van der Waals surface area contributed by atoms with Gasteiger partial charge in [0, 0.05) is 65.5 Å². The number of fused-ring (bicyclic) bond motifs is 1. The van der Waals surface area contributed by atoms with Crippen LogP contribution in [0.3, 0.4) is 0 Å². The molecule has 1 N–H and O–H groups in total. The fourth-order valence-corrected chi connectivity index (χ4v) is 4.76. The monoisotopic (exact) mass is 555 g/mol. The molecule has 3 aliphatic rings. The number of nitrogens with zero attached hydrogens (tertiary/aromatic N) is 4. The highest BCUT2D eigenvalue weighted by atomic mass is 127. The maximum absolute atomic E-state index is 12.6. The molecule has 0 spiro atoms. The summed E-state index contributed by atoms with van der Waals surface area (Å²) in [6.45, 7) is 10.9. The van der Waals surface area contributed by atoms with E-state index in [0.29, 0.717) is 0 Å². The predicted octanol–water partition coefficient (Wildman–Crippen LogP) is 2.34. The van der Waals surface area contributed by atoms with Crippen LogP contribution in [0.5, 0.6) is 0 Å². The number of ether oxygens (including phenoxy) is 1. The largest absolute Gasteiger partial charge is 0.368 e. The molecule has 1 atom stereocenters. The quantitative estimate of drug-likeness (QED) is 0.253. The molecule has 1 unspecified atom stereocenters. The van der Waals surface area contributed by atoms with E-state index in [1.54, 1.807) is 0 Å². The Morgan fingerprint density at radius 1 is 1.12 bits per heavy atom. The van der Waals surface area contributed by atoms with E-state index < -0.39 is 0 Å². The van der Waals surface area contributed by atoms with E-state index in [9.17, 15) is 4.79 Å². The van der Waals surface area contributed by atoms with E-state index in [-0.39, 0.29) is 36.0 Å². The fourth-order valence-electron chi connectivity index (χ4n) is 4.76. The van der Waals surface area contributed by atoms with Crippen molar-refractivity contribution in [2.45, 2.75) is 45.3 Å². The van der Waals surface area contributed by atoms with Crippen molar-refractivity contribution < 1.29 is 9.53 Å². The first-order chi connectivity index (χ1) is 15.2. The Morgan fingerprint density at radius 3 is 2.59 bits per heavy atom. The first kappa shape index (κ1) is 25.2. The maximum atomic E-state index is 12.6. The summed E-state index contributed by atoms with van der Waals surface area (Å²) in [6, 6.07) is 8.80. The van der Waals surface area contributed by atoms with Crippen LogP contribution in [0.2, 0.25) is 0 Å². The number of nitrogens with one attached hydrogen (secondary N) is 1. The Labute approximate surface area is 209 Å². The van der Waals surface area contributed by atoms with Crippen molar-refractivity contribution in [2.75, 3.05) is 59.0 Å². The number of piperazine rings is 1. The maximum Gasteiger partial charge on any atom is 0.251 e. The molecule has 0 bridgehead atoms. The molecule has 0 aliphatic carbocycles. The highest BCUT2D eigenvalue weighted by Gasteiger charge is 2.30. The van der Waals surface area contributed by atoms with Crippen molar-refractivity contribution in [1.82, 2.24) is 20.0 Å². The third-order valence-electron chi connectivity index (χ3n) is 6.53. The Balaban J connectivity index is 0.00000289. The van der Waals surface area contributed by atoms with E-state index in [1.807, 2.05) is 4.90 Å². The standard InChI is InChI=1S/C24H37N5O2.HI/c1-2-25-24(29-16-14-28(15-17-29)23(30)22-9-5-18-31-22)26-11-6-12-27-13-10-20-7-3-4-8-21(20)19-27;/h3-4,7-8,22H,2,5-6,9-19H2,1H3,(H,25,26);1H. The number of guanidine groups is 1. The van der Waals surface area contributed by atoms with Crippen molar-refractivity contribution in [3.05, 3.63) is 35.4 Å². The Morgan fingerprint density at radius 2 is 1.88 bits per heavy atom. The van der Waals surface area contributed by atoms with E-state index in [0.717, 1.165) is 97.2 Å². The predicted molar refractivity (Wildman–Crippen MR) is 139 cm³/mol. The molecular weight excluding hydrogens is 517 g/mol. The van der Waals surface area contributed by atoms with Gasteiger partial charge in [-0.25, -0.2) is 0 Å². The van der Waals surface area contributed by atoms with Gasteiger partial charge in [-0.15, -0.1) is 24.0 Å². The lowest BCUT2D eigenvalue weighted by Gasteiger charge is -2.37. The van der Waals surface area contributed by atoms with Gasteiger partial charge in [0.2, 0.25) is 0 Å². The van der Waals surface area contributed by atoms with Gasteiger partial charge >= 0.3 is 0 Å². The van der Waals surface area contributed by atoms with Crippen molar-refractivity contribution in [3.8, 4) is 0 Å². The zero-order valence-electron chi connectivity index (χ0n) is 19.3. The average Bonchev–Trinajstić information content (AvgIpc) is 3.36. The van der Waals surface area contributed by atoms with Crippen molar-refractivity contribution in [2.24, 2.45) is 4.99 Å². The Hall–Kier alpha value is -1.39. The first-order valence-corrected chi connectivity index (χ1v) is 12.0. The van der Waals surface area contributed by atoms with Crippen molar-refractivity contribution in [1.29, 1.82) is 0 Å². The van der Waals surface area contributed by atoms with Crippen LogP contribution >= 0.6 is 24.0 Å². The molecule has 3 heterocycles. The molecule has 0 radical (unpaired) electrons. The highest BCUT2D eigenvalue weighted by Crippen LogP contribution is 2.18. The number of aliphatic imine (C=N–C) groups is 1. The van der Waals surface area contributed by atoms with Crippen LogP contribution in [0.1, 0.15) is 37.3 Å². The summed E-state index contributed by atoms with van der Waals surface area (Å²) < 4.78 is 5.57. The third kappa shape index (κ3) is 6.57. The number of amides is 1. The Bertz CT molecular complexity index is 761. The molecule has 2 fully saturated rings. The van der Waals surface area contributed by atoms with E-state index >= 15 is 0 Å². The average molecular weight is 556 g/mol. The number of halogens is 1. The normalized spacial score (nSPS) is 21.8. The number of benzene rings is 1. The molecule has 1 aromatic rings. The van der Waals surface area contributed by atoms with E-state index in [2.05, 4.69) is 46.3 Å². The van der Waals surface area contributed by atoms with Gasteiger partial charge in [-0.2, -0.15) is 0 Å². The van der Waals surface area contributed by atoms with Crippen LogP contribution in [-0.4, -0.2) is 91.6 Å². The molecule has 1 aromatic carbocycles. The number of hydrogen-bond acceptors (Lipinski definition) is 4. The summed E-state index contributed by atoms with van der Waals surface area (Å²) in [4.78, 5) is 24.3. The highest BCUT2D eigenvalue weighted by molar-refractivity contribution is 14.0. The topological polar surface area (TPSA) is 60.4 Å². The van der Waals surface area contributed by atoms with Gasteiger partial charge in [0.1, 0.15) is 6.10 Å². The van der Waals surface area contributed by atoms with Crippen LogP contribution in [0.4, 0.5) is 0 Å². The summed E-state index contributed by atoms with van der Waals surface area (Å²) in [5.74, 6) is 1.15. The van der Waals surface area contributed by atoms with Gasteiger partial charge in [-0.05, 0) is 43.7 Å². The number of rotatable bonds is 6. The molecule has 3 aliphatic heterocycles. The molecule has 7 nitrogen and oxygen atoms in total. The number of hydrogen-bond donors (Lipinski definition) is 1. The van der Waals surface area contributed by atoms with E-state index in [1.165, 1.54) is 11.1 Å². The first-order valence-electron chi connectivity index (χ1n) is 12.0. The molecule has 1 amide bonds. The molecule has 0 aromatic heterocycles. The minimum absolute atomic E-state index is 0. The lowest BCUT2D eigenvalue weighted by atomic mass is 10.00. The molecular formula is C24H38IN5O2. The minimum atomic E-state index is -0.213. The summed E-state index contributed by atoms with van der Waals surface area (Å²) >= 11 is 0. The van der Waals surface area contributed by atoms with Crippen LogP contribution in [0, 0.1) is 0 Å². The van der Waals surface area contributed by atoms with E-state index in [4.69, 9.17) is 9.73 Å². The minimum Gasteiger partial charge on any atom is -0.368 e. The zero-order chi connectivity index (χ0) is 21.5. The second-order valence-corrected chi connectivity index (χ2v) is 8.70. The summed E-state index contributed by atoms with van der Waals surface area (Å²) in [5.41, 5.74) is 2.98. The SMILES string of the molecule is CCNC(=NCCCN1CCc2ccccc2C1)N1CCN(C(=O)C2CCCO2)CC1.I. The Kier molecular flexibility index (Phi) is 10.1. The van der Waals surface area contributed by atoms with Crippen LogP contribution < -0.4 is 5.32 Å². The fraction of sp³-hybridized carbons (Fsp3) is 0.667. The summed E-state index contributed by atoms with van der Waals surface area (Å²) in [7, 11) is 0. The molecule has 0 saturated carbocycles. The van der Waals surface area contributed by atoms with Gasteiger partial charge in [-0.3, -0.25) is 14.7 Å².